The standard InChI is InChI=1S/C26H29N7O5/c1-2-28-25(37)22-20(35)21(36)26(38-22)33-14-29-19-23(27)30-17(31-24(19)33)9-6-12-32(16-10-11-16)18(34)13-15-7-4-3-5-8-15/h3-5,7-8,14,16,20-22,26,35-36H,2,10-13H2,1H3,(H,28,37)(H2,27,30,31)/t20-,21+,22?,26?/m0/s1. The number of hydrogen-bond donors (Lipinski definition) is 4. The topological polar surface area (TPSA) is 169 Å². The third kappa shape index (κ3) is 5.17. The highest BCUT2D eigenvalue weighted by Gasteiger charge is 2.47. The van der Waals surface area contributed by atoms with Crippen LogP contribution < -0.4 is 11.1 Å². The van der Waals surface area contributed by atoms with Crippen LogP contribution in [0.4, 0.5) is 5.82 Å². The van der Waals surface area contributed by atoms with Crippen LogP contribution in [0.1, 0.15) is 37.4 Å². The van der Waals surface area contributed by atoms with Crippen molar-refractivity contribution in [1.29, 1.82) is 0 Å². The second-order valence-corrected chi connectivity index (χ2v) is 9.30. The summed E-state index contributed by atoms with van der Waals surface area (Å²) in [4.78, 5) is 39.8. The molecule has 2 unspecified atom stereocenters. The molecule has 1 aromatic carbocycles. The molecule has 12 heteroatoms. The maximum atomic E-state index is 12.9. The molecule has 5 rings (SSSR count). The van der Waals surface area contributed by atoms with Gasteiger partial charge in [-0.15, -0.1) is 0 Å². The maximum Gasteiger partial charge on any atom is 0.252 e. The maximum absolute atomic E-state index is 12.9. The van der Waals surface area contributed by atoms with Crippen molar-refractivity contribution in [3.8, 4) is 11.8 Å². The van der Waals surface area contributed by atoms with Gasteiger partial charge in [0, 0.05) is 12.6 Å². The highest BCUT2D eigenvalue weighted by molar-refractivity contribution is 5.83. The fourth-order valence-electron chi connectivity index (χ4n) is 4.44. The van der Waals surface area contributed by atoms with Crippen LogP contribution >= 0.6 is 0 Å². The van der Waals surface area contributed by atoms with Crippen LogP contribution in [0, 0.1) is 11.8 Å². The first kappa shape index (κ1) is 25.6. The van der Waals surface area contributed by atoms with Gasteiger partial charge < -0.3 is 30.9 Å². The van der Waals surface area contributed by atoms with Crippen LogP contribution in [0.15, 0.2) is 36.7 Å². The molecular weight excluding hydrogens is 490 g/mol. The monoisotopic (exact) mass is 519 g/mol. The lowest BCUT2D eigenvalue weighted by atomic mass is 10.1. The SMILES string of the molecule is CCNC(=O)C1OC(n2cnc3c(N)nc(C#CCN(C(=O)Cc4ccccc4)C4CC4)nc32)[C@H](O)[C@@H]1O. The molecule has 12 nitrogen and oxygen atoms in total. The summed E-state index contributed by atoms with van der Waals surface area (Å²) in [7, 11) is 0. The van der Waals surface area contributed by atoms with E-state index in [0.29, 0.717) is 13.0 Å². The van der Waals surface area contributed by atoms with E-state index < -0.39 is 30.4 Å². The lowest BCUT2D eigenvalue weighted by molar-refractivity contribution is -0.137. The first-order valence-electron chi connectivity index (χ1n) is 12.5. The third-order valence-corrected chi connectivity index (χ3v) is 6.53. The van der Waals surface area contributed by atoms with E-state index in [1.165, 1.54) is 10.9 Å². The third-order valence-electron chi connectivity index (χ3n) is 6.53. The zero-order valence-corrected chi connectivity index (χ0v) is 20.8. The van der Waals surface area contributed by atoms with Gasteiger partial charge in [-0.1, -0.05) is 36.3 Å². The molecular formula is C26H29N7O5. The summed E-state index contributed by atoms with van der Waals surface area (Å²) in [6, 6.07) is 9.75. The number of imidazole rings is 1. The van der Waals surface area contributed by atoms with Crippen molar-refractivity contribution < 1.29 is 24.5 Å². The summed E-state index contributed by atoms with van der Waals surface area (Å²) in [6.45, 7) is 2.31. The number of ether oxygens (including phenoxy) is 1. The Labute approximate surface area is 218 Å². The van der Waals surface area contributed by atoms with Crippen molar-refractivity contribution in [2.24, 2.45) is 0 Å². The quantitative estimate of drug-likeness (QED) is 0.308. The van der Waals surface area contributed by atoms with Crippen LogP contribution in [0.5, 0.6) is 0 Å². The normalized spacial score (nSPS) is 22.6. The first-order valence-corrected chi connectivity index (χ1v) is 12.5. The smallest absolute Gasteiger partial charge is 0.252 e. The van der Waals surface area contributed by atoms with E-state index in [2.05, 4.69) is 32.1 Å². The summed E-state index contributed by atoms with van der Waals surface area (Å²) in [5, 5.41) is 23.5. The number of benzene rings is 1. The van der Waals surface area contributed by atoms with Crippen molar-refractivity contribution in [1.82, 2.24) is 29.7 Å². The summed E-state index contributed by atoms with van der Waals surface area (Å²) in [6.07, 6.45) is -1.68. The van der Waals surface area contributed by atoms with E-state index >= 15 is 0 Å². The predicted molar refractivity (Wildman–Crippen MR) is 136 cm³/mol. The zero-order chi connectivity index (χ0) is 26.8. The van der Waals surface area contributed by atoms with Gasteiger partial charge >= 0.3 is 0 Å². The number of nitrogens with zero attached hydrogens (tertiary/aromatic N) is 5. The number of hydrogen-bond acceptors (Lipinski definition) is 9. The summed E-state index contributed by atoms with van der Waals surface area (Å²) in [5.74, 6) is 5.52. The van der Waals surface area contributed by atoms with Gasteiger partial charge in [-0.05, 0) is 31.2 Å². The summed E-state index contributed by atoms with van der Waals surface area (Å²) < 4.78 is 7.08. The Morgan fingerprint density at radius 1 is 1.21 bits per heavy atom. The second-order valence-electron chi connectivity index (χ2n) is 9.30. The molecule has 2 aromatic heterocycles. The Bertz CT molecular complexity index is 1400. The second kappa shape index (κ2) is 10.7. The number of aromatic nitrogens is 4. The van der Waals surface area contributed by atoms with Gasteiger partial charge in [0.2, 0.25) is 11.7 Å². The van der Waals surface area contributed by atoms with Crippen molar-refractivity contribution in [2.75, 3.05) is 18.8 Å². The van der Waals surface area contributed by atoms with E-state index in [-0.39, 0.29) is 41.3 Å². The number of fused-ring (bicyclic) bond motifs is 1. The average molecular weight is 520 g/mol. The summed E-state index contributed by atoms with van der Waals surface area (Å²) >= 11 is 0. The number of nitrogens with two attached hydrogens (primary N) is 1. The highest BCUT2D eigenvalue weighted by Crippen LogP contribution is 2.32. The molecule has 1 aliphatic carbocycles. The van der Waals surface area contributed by atoms with E-state index in [0.717, 1.165) is 18.4 Å². The van der Waals surface area contributed by atoms with E-state index in [9.17, 15) is 19.8 Å². The van der Waals surface area contributed by atoms with Gasteiger partial charge in [-0.25, -0.2) is 15.0 Å². The highest BCUT2D eigenvalue weighted by atomic mass is 16.6. The van der Waals surface area contributed by atoms with Gasteiger partial charge in [-0.3, -0.25) is 14.2 Å². The van der Waals surface area contributed by atoms with Crippen molar-refractivity contribution in [3.05, 3.63) is 48.0 Å². The van der Waals surface area contributed by atoms with Crippen molar-refractivity contribution in [3.63, 3.8) is 0 Å². The molecule has 0 bridgehead atoms. The van der Waals surface area contributed by atoms with Crippen LogP contribution in [0.2, 0.25) is 0 Å². The number of anilines is 1. The molecule has 2 aliphatic rings. The van der Waals surface area contributed by atoms with Crippen LogP contribution in [0.3, 0.4) is 0 Å². The number of nitrogens with one attached hydrogen (secondary N) is 1. The largest absolute Gasteiger partial charge is 0.387 e. The molecule has 2 amide bonds. The Kier molecular flexibility index (Phi) is 7.24. The van der Waals surface area contributed by atoms with Crippen LogP contribution in [-0.2, 0) is 20.7 Å². The number of likely N-dealkylation sites (N-methyl/N-ethyl adjacent to an activating group) is 1. The number of amides is 2. The zero-order valence-electron chi connectivity index (χ0n) is 20.8. The van der Waals surface area contributed by atoms with Gasteiger partial charge in [0.15, 0.2) is 23.8 Å². The molecule has 3 heterocycles. The van der Waals surface area contributed by atoms with Gasteiger partial charge in [0.1, 0.15) is 17.7 Å². The number of aliphatic hydroxyl groups excluding tert-OH is 2. The van der Waals surface area contributed by atoms with Gasteiger partial charge in [-0.2, -0.15) is 0 Å². The number of carbonyl (C=O) groups excluding carboxylic acids is 2. The molecule has 198 valence electrons. The molecule has 1 saturated carbocycles. The van der Waals surface area contributed by atoms with Crippen molar-refractivity contribution in [2.45, 2.75) is 56.8 Å². The Morgan fingerprint density at radius 2 is 1.97 bits per heavy atom. The molecule has 2 fully saturated rings. The summed E-state index contributed by atoms with van der Waals surface area (Å²) in [5.41, 5.74) is 7.53. The predicted octanol–water partition coefficient (Wildman–Crippen LogP) is -0.251. The van der Waals surface area contributed by atoms with Gasteiger partial charge in [0.05, 0.1) is 19.3 Å². The van der Waals surface area contributed by atoms with Crippen molar-refractivity contribution >= 4 is 28.8 Å². The first-order chi connectivity index (χ1) is 18.4. The minimum Gasteiger partial charge on any atom is -0.387 e. The number of carbonyl (C=O) groups is 2. The molecule has 4 atom stereocenters. The fraction of sp³-hybridized carbons (Fsp3) is 0.423. The Balaban J connectivity index is 1.35. The number of aliphatic hydroxyl groups is 2. The van der Waals surface area contributed by atoms with Gasteiger partial charge in [0.25, 0.3) is 5.91 Å². The minimum atomic E-state index is -1.44. The molecule has 5 N–H and O–H groups in total. The van der Waals surface area contributed by atoms with E-state index in [1.54, 1.807) is 11.8 Å². The fourth-order valence-corrected chi connectivity index (χ4v) is 4.44. The molecule has 0 spiro atoms. The molecule has 0 radical (unpaired) electrons. The van der Waals surface area contributed by atoms with E-state index in [1.807, 2.05) is 30.3 Å². The lowest BCUT2D eigenvalue weighted by Gasteiger charge is -2.19. The Morgan fingerprint density at radius 3 is 2.68 bits per heavy atom. The lowest BCUT2D eigenvalue weighted by Crippen LogP contribution is -2.42. The molecule has 1 aliphatic heterocycles. The minimum absolute atomic E-state index is 0.00884. The number of nitrogen functional groups attached to an aromatic ring is 1. The molecule has 3 aromatic rings. The molecule has 1 saturated heterocycles. The number of rotatable bonds is 7. The average Bonchev–Trinajstić information content (AvgIpc) is 3.58. The Hall–Kier alpha value is -4.05. The van der Waals surface area contributed by atoms with E-state index in [4.69, 9.17) is 10.5 Å². The molecule has 38 heavy (non-hydrogen) atoms. The van der Waals surface area contributed by atoms with Crippen LogP contribution in [-0.4, -0.2) is 83.9 Å². The van der Waals surface area contributed by atoms with Crippen LogP contribution in [0.25, 0.3) is 11.2 Å².